The predicted molar refractivity (Wildman–Crippen MR) is 108 cm³/mol. The fraction of sp³-hybridized carbons (Fsp3) is 0.545. The minimum absolute atomic E-state index is 0.0789. The Balaban J connectivity index is 1.76. The van der Waals surface area contributed by atoms with Crippen LogP contribution in [0.1, 0.15) is 55.5 Å². The Labute approximate surface area is 174 Å². The number of halogens is 3. The van der Waals surface area contributed by atoms with E-state index in [0.717, 1.165) is 31.6 Å². The summed E-state index contributed by atoms with van der Waals surface area (Å²) in [5.74, 6) is 0.0789. The number of hydrogen-bond acceptors (Lipinski definition) is 5. The minimum Gasteiger partial charge on any atom is -0.496 e. The van der Waals surface area contributed by atoms with Crippen molar-refractivity contribution in [3.8, 4) is 17.0 Å². The number of nitrogens with zero attached hydrogens (tertiary/aromatic N) is 3. The van der Waals surface area contributed by atoms with Crippen LogP contribution in [-0.2, 0) is 6.18 Å². The number of aromatic nitrogens is 2. The van der Waals surface area contributed by atoms with E-state index in [1.54, 1.807) is 13.0 Å². The summed E-state index contributed by atoms with van der Waals surface area (Å²) in [6.07, 6.45) is -1.11. The van der Waals surface area contributed by atoms with E-state index in [1.807, 2.05) is 0 Å². The average Bonchev–Trinajstić information content (AvgIpc) is 3.55. The number of benzene rings is 1. The molecule has 164 valence electrons. The lowest BCUT2D eigenvalue weighted by molar-refractivity contribution is -0.137. The van der Waals surface area contributed by atoms with E-state index in [0.29, 0.717) is 35.0 Å². The first-order valence-corrected chi connectivity index (χ1v) is 10.3. The molecule has 2 aromatic rings. The fourth-order valence-electron chi connectivity index (χ4n) is 3.64. The fourth-order valence-corrected chi connectivity index (χ4v) is 3.64. The highest BCUT2D eigenvalue weighted by atomic mass is 19.4. The highest BCUT2D eigenvalue weighted by molar-refractivity contribution is 5.70. The van der Waals surface area contributed by atoms with Crippen molar-refractivity contribution in [2.75, 3.05) is 20.2 Å². The lowest BCUT2D eigenvalue weighted by atomic mass is 10.0. The molecule has 1 aliphatic carbocycles. The molecule has 0 spiro atoms. The quantitative estimate of drug-likeness (QED) is 0.629. The Morgan fingerprint density at radius 1 is 1.20 bits per heavy atom. The van der Waals surface area contributed by atoms with Crippen molar-refractivity contribution in [1.82, 2.24) is 15.1 Å². The molecule has 0 radical (unpaired) electrons. The molecule has 0 aliphatic heterocycles. The number of hydrogen-bond donors (Lipinski definition) is 1. The molecule has 1 fully saturated rings. The highest BCUT2D eigenvalue weighted by Gasteiger charge is 2.32. The van der Waals surface area contributed by atoms with Crippen molar-refractivity contribution in [1.29, 1.82) is 0 Å². The highest BCUT2D eigenvalue weighted by Crippen LogP contribution is 2.37. The maximum absolute atomic E-state index is 13.0. The van der Waals surface area contributed by atoms with Gasteiger partial charge in [0.15, 0.2) is 0 Å². The standard InChI is InChI=1S/C22H28F3N3O2/c1-4-10-28(16-6-7-16)11-9-19(29)18-12-14(2)21(27-26-18)17-8-5-15(22(23,24)25)13-20(17)30-3/h5,8,12-13,16,19,29H,4,6-7,9-11H2,1-3H3. The van der Waals surface area contributed by atoms with Crippen molar-refractivity contribution in [3.05, 3.63) is 41.1 Å². The second-order valence-corrected chi connectivity index (χ2v) is 7.79. The van der Waals surface area contributed by atoms with Gasteiger partial charge < -0.3 is 14.7 Å². The number of rotatable bonds is 9. The third kappa shape index (κ3) is 5.29. The Morgan fingerprint density at radius 3 is 2.50 bits per heavy atom. The number of alkyl halides is 3. The van der Waals surface area contributed by atoms with Gasteiger partial charge >= 0.3 is 6.18 Å². The summed E-state index contributed by atoms with van der Waals surface area (Å²) in [5.41, 5.74) is 1.26. The maximum atomic E-state index is 13.0. The van der Waals surface area contributed by atoms with E-state index in [1.165, 1.54) is 26.0 Å². The lowest BCUT2D eigenvalue weighted by Gasteiger charge is -2.22. The molecule has 1 aliphatic rings. The zero-order valence-electron chi connectivity index (χ0n) is 17.5. The summed E-state index contributed by atoms with van der Waals surface area (Å²) < 4.78 is 44.1. The number of aliphatic hydroxyl groups is 1. The van der Waals surface area contributed by atoms with Crippen LogP contribution in [0.25, 0.3) is 11.3 Å². The second-order valence-electron chi connectivity index (χ2n) is 7.79. The first-order valence-electron chi connectivity index (χ1n) is 10.3. The van der Waals surface area contributed by atoms with Gasteiger partial charge in [0.1, 0.15) is 5.75 Å². The maximum Gasteiger partial charge on any atom is 0.416 e. The first kappa shape index (κ1) is 22.5. The molecule has 1 N–H and O–H groups in total. The molecule has 30 heavy (non-hydrogen) atoms. The summed E-state index contributed by atoms with van der Waals surface area (Å²) in [6, 6.07) is 5.68. The van der Waals surface area contributed by atoms with Crippen LogP contribution >= 0.6 is 0 Å². The summed E-state index contributed by atoms with van der Waals surface area (Å²) in [6.45, 7) is 5.77. The molecule has 0 amide bonds. The van der Waals surface area contributed by atoms with Gasteiger partial charge in [0.25, 0.3) is 0 Å². The average molecular weight is 423 g/mol. The third-order valence-electron chi connectivity index (χ3n) is 5.39. The van der Waals surface area contributed by atoms with Crippen LogP contribution in [0.5, 0.6) is 5.75 Å². The number of aryl methyl sites for hydroxylation is 1. The van der Waals surface area contributed by atoms with Crippen molar-refractivity contribution in [2.24, 2.45) is 0 Å². The van der Waals surface area contributed by atoms with Crippen molar-refractivity contribution in [3.63, 3.8) is 0 Å². The SMILES string of the molecule is CCCN(CCC(O)c1cc(C)c(-c2ccc(C(F)(F)F)cc2OC)nn1)C1CC1. The normalized spacial score (nSPS) is 15.5. The minimum atomic E-state index is -4.45. The van der Waals surface area contributed by atoms with E-state index in [2.05, 4.69) is 22.0 Å². The largest absolute Gasteiger partial charge is 0.496 e. The van der Waals surface area contributed by atoms with Crippen molar-refractivity contribution in [2.45, 2.75) is 57.9 Å². The van der Waals surface area contributed by atoms with Crippen LogP contribution in [0.4, 0.5) is 13.2 Å². The summed E-state index contributed by atoms with van der Waals surface area (Å²) >= 11 is 0. The Kier molecular flexibility index (Phi) is 6.98. The van der Waals surface area contributed by atoms with Crippen LogP contribution < -0.4 is 4.74 Å². The van der Waals surface area contributed by atoms with Crippen LogP contribution in [-0.4, -0.2) is 46.4 Å². The van der Waals surface area contributed by atoms with E-state index in [-0.39, 0.29) is 5.75 Å². The molecule has 1 aromatic carbocycles. The molecule has 1 saturated carbocycles. The molecule has 5 nitrogen and oxygen atoms in total. The van der Waals surface area contributed by atoms with Crippen LogP contribution in [0.3, 0.4) is 0 Å². The van der Waals surface area contributed by atoms with Gasteiger partial charge in [-0.3, -0.25) is 0 Å². The van der Waals surface area contributed by atoms with Gasteiger partial charge in [-0.15, -0.1) is 5.10 Å². The second kappa shape index (κ2) is 9.31. The van der Waals surface area contributed by atoms with Gasteiger partial charge in [-0.2, -0.15) is 18.3 Å². The molecular formula is C22H28F3N3O2. The monoisotopic (exact) mass is 423 g/mol. The van der Waals surface area contributed by atoms with E-state index in [4.69, 9.17) is 4.74 Å². The molecular weight excluding hydrogens is 395 g/mol. The Bertz CT molecular complexity index is 869. The predicted octanol–water partition coefficient (Wildman–Crippen LogP) is 4.78. The van der Waals surface area contributed by atoms with Gasteiger partial charge in [-0.1, -0.05) is 6.92 Å². The zero-order chi connectivity index (χ0) is 21.9. The topological polar surface area (TPSA) is 58.5 Å². The Hall–Kier alpha value is -2.19. The van der Waals surface area contributed by atoms with Gasteiger partial charge in [-0.05, 0) is 69.0 Å². The molecule has 1 aromatic heterocycles. The summed E-state index contributed by atoms with van der Waals surface area (Å²) in [4.78, 5) is 2.41. The van der Waals surface area contributed by atoms with Crippen molar-refractivity contribution >= 4 is 0 Å². The van der Waals surface area contributed by atoms with Crippen molar-refractivity contribution < 1.29 is 23.0 Å². The summed E-state index contributed by atoms with van der Waals surface area (Å²) in [5, 5.41) is 18.9. The van der Waals surface area contributed by atoms with Gasteiger partial charge in [0.2, 0.25) is 0 Å². The first-order chi connectivity index (χ1) is 14.2. The Morgan fingerprint density at radius 2 is 1.93 bits per heavy atom. The smallest absolute Gasteiger partial charge is 0.416 e. The van der Waals surface area contributed by atoms with E-state index in [9.17, 15) is 18.3 Å². The van der Waals surface area contributed by atoms with E-state index >= 15 is 0 Å². The molecule has 0 bridgehead atoms. The molecule has 0 saturated heterocycles. The number of ether oxygens (including phenoxy) is 1. The molecule has 1 unspecified atom stereocenters. The number of aliphatic hydroxyl groups excluding tert-OH is 1. The van der Waals surface area contributed by atoms with Gasteiger partial charge in [0, 0.05) is 18.2 Å². The zero-order valence-corrected chi connectivity index (χ0v) is 17.5. The summed E-state index contributed by atoms with van der Waals surface area (Å²) in [7, 11) is 1.32. The van der Waals surface area contributed by atoms with Gasteiger partial charge in [0.05, 0.1) is 30.2 Å². The van der Waals surface area contributed by atoms with E-state index < -0.39 is 17.8 Å². The van der Waals surface area contributed by atoms with Crippen LogP contribution in [0.15, 0.2) is 24.3 Å². The van der Waals surface area contributed by atoms with Crippen LogP contribution in [0, 0.1) is 6.92 Å². The molecule has 8 heteroatoms. The molecule has 1 atom stereocenters. The lowest BCUT2D eigenvalue weighted by Crippen LogP contribution is -2.29. The number of methoxy groups -OCH3 is 1. The van der Waals surface area contributed by atoms with Crippen LogP contribution in [0.2, 0.25) is 0 Å². The third-order valence-corrected chi connectivity index (χ3v) is 5.39. The molecule has 1 heterocycles. The van der Waals surface area contributed by atoms with Gasteiger partial charge in [-0.25, -0.2) is 0 Å². The molecule has 3 rings (SSSR count).